The maximum absolute atomic E-state index is 14.8. The van der Waals surface area contributed by atoms with Crippen molar-refractivity contribution in [2.24, 2.45) is 0 Å². The molecule has 3 heterocycles. The fraction of sp³-hybridized carbons (Fsp3) is 0.296. The predicted octanol–water partition coefficient (Wildman–Crippen LogP) is 5.25. The minimum atomic E-state index is -0.898. The van der Waals surface area contributed by atoms with Crippen LogP contribution in [-0.4, -0.2) is 28.2 Å². The SMILES string of the molecule is CC#CC(CC(=O)O)c1ccc2c(c1)CCC(c1nc(-c3ccc(OC)nc3C)ccc1F)O2. The van der Waals surface area contributed by atoms with Crippen molar-refractivity contribution < 1.29 is 23.8 Å². The number of aromatic nitrogens is 2. The van der Waals surface area contributed by atoms with Crippen LogP contribution in [0.4, 0.5) is 4.39 Å². The second kappa shape index (κ2) is 9.92. The standard InChI is InChI=1S/C27H25FN2O4/c1-4-5-17(15-26(31)32)18-6-11-23-19(14-18)7-12-24(34-23)27-21(28)9-10-22(30-27)20-8-13-25(33-3)29-16(20)2/h6,8-11,13-14,17,24H,7,12,15H2,1-3H3,(H,31,32). The molecule has 174 valence electrons. The number of pyridine rings is 2. The number of methoxy groups -OCH3 is 1. The van der Waals surface area contributed by atoms with Crippen molar-refractivity contribution in [2.75, 3.05) is 7.11 Å². The van der Waals surface area contributed by atoms with Crippen LogP contribution in [0.1, 0.15) is 54.3 Å². The highest BCUT2D eigenvalue weighted by Crippen LogP contribution is 2.37. The van der Waals surface area contributed by atoms with Crippen LogP contribution in [0.15, 0.2) is 42.5 Å². The summed E-state index contributed by atoms with van der Waals surface area (Å²) in [5.41, 5.74) is 4.19. The summed E-state index contributed by atoms with van der Waals surface area (Å²) in [5.74, 6) is 5.22. The Balaban J connectivity index is 1.60. The lowest BCUT2D eigenvalue weighted by atomic mass is 9.91. The van der Waals surface area contributed by atoms with Crippen LogP contribution in [-0.2, 0) is 11.2 Å². The molecule has 0 bridgehead atoms. The van der Waals surface area contributed by atoms with Gasteiger partial charge in [0.1, 0.15) is 23.4 Å². The average molecular weight is 461 g/mol. The summed E-state index contributed by atoms with van der Waals surface area (Å²) in [4.78, 5) is 20.2. The summed E-state index contributed by atoms with van der Waals surface area (Å²) in [5, 5.41) is 9.20. The number of aliphatic carboxylic acids is 1. The molecule has 7 heteroatoms. The summed E-state index contributed by atoms with van der Waals surface area (Å²) in [6.45, 7) is 3.55. The summed E-state index contributed by atoms with van der Waals surface area (Å²) in [7, 11) is 1.56. The number of carbonyl (C=O) groups is 1. The van der Waals surface area contributed by atoms with Gasteiger partial charge in [0, 0.05) is 11.6 Å². The van der Waals surface area contributed by atoms with Gasteiger partial charge < -0.3 is 14.6 Å². The van der Waals surface area contributed by atoms with E-state index in [-0.39, 0.29) is 18.0 Å². The molecule has 0 fully saturated rings. The first-order chi connectivity index (χ1) is 16.4. The Bertz CT molecular complexity index is 1300. The van der Waals surface area contributed by atoms with Crippen molar-refractivity contribution in [1.29, 1.82) is 0 Å². The zero-order valence-electron chi connectivity index (χ0n) is 19.3. The van der Waals surface area contributed by atoms with Crippen LogP contribution < -0.4 is 9.47 Å². The van der Waals surface area contributed by atoms with Crippen molar-refractivity contribution in [3.05, 3.63) is 70.8 Å². The fourth-order valence-corrected chi connectivity index (χ4v) is 4.17. The number of aryl methyl sites for hydroxylation is 2. The highest BCUT2D eigenvalue weighted by Gasteiger charge is 2.27. The van der Waals surface area contributed by atoms with Gasteiger partial charge in [0.15, 0.2) is 0 Å². The van der Waals surface area contributed by atoms with E-state index in [2.05, 4.69) is 21.8 Å². The quantitative estimate of drug-likeness (QED) is 0.506. The Hall–Kier alpha value is -3.92. The topological polar surface area (TPSA) is 81.5 Å². The van der Waals surface area contributed by atoms with Crippen molar-refractivity contribution in [2.45, 2.75) is 45.1 Å². The van der Waals surface area contributed by atoms with Crippen molar-refractivity contribution >= 4 is 5.97 Å². The van der Waals surface area contributed by atoms with E-state index in [1.165, 1.54) is 6.07 Å². The van der Waals surface area contributed by atoms with E-state index < -0.39 is 17.9 Å². The third-order valence-corrected chi connectivity index (χ3v) is 5.85. The highest BCUT2D eigenvalue weighted by molar-refractivity contribution is 5.69. The molecule has 0 saturated carbocycles. The minimum absolute atomic E-state index is 0.0648. The molecule has 1 aliphatic heterocycles. The van der Waals surface area contributed by atoms with E-state index in [9.17, 15) is 14.3 Å². The van der Waals surface area contributed by atoms with Crippen LogP contribution in [0, 0.1) is 24.6 Å². The molecule has 0 saturated heterocycles. The first kappa shape index (κ1) is 23.2. The Labute approximate surface area is 197 Å². The molecule has 0 amide bonds. The Morgan fingerprint density at radius 3 is 2.79 bits per heavy atom. The van der Waals surface area contributed by atoms with Gasteiger partial charge in [-0.2, -0.15) is 0 Å². The lowest BCUT2D eigenvalue weighted by Gasteiger charge is -2.27. The first-order valence-electron chi connectivity index (χ1n) is 11.0. The Morgan fingerprint density at radius 1 is 1.26 bits per heavy atom. The number of hydrogen-bond acceptors (Lipinski definition) is 5. The van der Waals surface area contributed by atoms with E-state index >= 15 is 0 Å². The summed E-state index contributed by atoms with van der Waals surface area (Å²) in [6.07, 6.45) is 0.606. The number of ether oxygens (including phenoxy) is 2. The van der Waals surface area contributed by atoms with Gasteiger partial charge in [-0.05, 0) is 62.1 Å². The average Bonchev–Trinajstić information content (AvgIpc) is 2.83. The molecule has 2 unspecified atom stereocenters. The Kier molecular flexibility index (Phi) is 6.78. The lowest BCUT2D eigenvalue weighted by Crippen LogP contribution is -2.18. The molecular weight excluding hydrogens is 435 g/mol. The summed E-state index contributed by atoms with van der Waals surface area (Å²) < 4.78 is 26.1. The van der Waals surface area contributed by atoms with Gasteiger partial charge in [0.25, 0.3) is 0 Å². The number of fused-ring (bicyclic) bond motifs is 1. The minimum Gasteiger partial charge on any atom is -0.484 e. The largest absolute Gasteiger partial charge is 0.484 e. The van der Waals surface area contributed by atoms with Crippen molar-refractivity contribution in [1.82, 2.24) is 9.97 Å². The molecule has 0 radical (unpaired) electrons. The molecule has 34 heavy (non-hydrogen) atoms. The number of benzene rings is 1. The molecule has 6 nitrogen and oxygen atoms in total. The van der Waals surface area contributed by atoms with Gasteiger partial charge in [-0.3, -0.25) is 4.79 Å². The Morgan fingerprint density at radius 2 is 2.09 bits per heavy atom. The third-order valence-electron chi connectivity index (χ3n) is 5.85. The van der Waals surface area contributed by atoms with Gasteiger partial charge >= 0.3 is 5.97 Å². The smallest absolute Gasteiger partial charge is 0.304 e. The summed E-state index contributed by atoms with van der Waals surface area (Å²) >= 11 is 0. The molecule has 1 N–H and O–H groups in total. The van der Waals surface area contributed by atoms with Crippen LogP contribution in [0.25, 0.3) is 11.3 Å². The highest BCUT2D eigenvalue weighted by atomic mass is 19.1. The lowest BCUT2D eigenvalue weighted by molar-refractivity contribution is -0.137. The molecule has 2 aromatic heterocycles. The van der Waals surface area contributed by atoms with Crippen LogP contribution in [0.2, 0.25) is 0 Å². The number of hydrogen-bond donors (Lipinski definition) is 1. The number of carboxylic acids is 1. The van der Waals surface area contributed by atoms with Gasteiger partial charge in [-0.15, -0.1) is 5.92 Å². The molecule has 0 spiro atoms. The zero-order chi connectivity index (χ0) is 24.2. The number of nitrogens with zero attached hydrogens (tertiary/aromatic N) is 2. The number of rotatable bonds is 6. The predicted molar refractivity (Wildman–Crippen MR) is 125 cm³/mol. The second-order valence-electron chi connectivity index (χ2n) is 8.11. The molecule has 3 aromatic rings. The third kappa shape index (κ3) is 4.86. The maximum Gasteiger partial charge on any atom is 0.304 e. The maximum atomic E-state index is 14.8. The second-order valence-corrected chi connectivity index (χ2v) is 8.11. The molecule has 0 aliphatic carbocycles. The van der Waals surface area contributed by atoms with E-state index in [4.69, 9.17) is 9.47 Å². The van der Waals surface area contributed by atoms with E-state index in [0.29, 0.717) is 30.2 Å². The normalized spacial score (nSPS) is 15.4. The van der Waals surface area contributed by atoms with Crippen molar-refractivity contribution in [3.8, 4) is 34.7 Å². The summed E-state index contributed by atoms with van der Waals surface area (Å²) in [6, 6.07) is 12.2. The van der Waals surface area contributed by atoms with Gasteiger partial charge in [-0.1, -0.05) is 18.1 Å². The van der Waals surface area contributed by atoms with Gasteiger partial charge in [0.05, 0.1) is 30.8 Å². The van der Waals surface area contributed by atoms with Crippen molar-refractivity contribution in [3.63, 3.8) is 0 Å². The first-order valence-corrected chi connectivity index (χ1v) is 11.0. The van der Waals surface area contributed by atoms with Crippen LogP contribution in [0.5, 0.6) is 11.6 Å². The van der Waals surface area contributed by atoms with Crippen LogP contribution >= 0.6 is 0 Å². The fourth-order valence-electron chi connectivity index (χ4n) is 4.17. The molecule has 2 atom stereocenters. The monoisotopic (exact) mass is 460 g/mol. The zero-order valence-corrected chi connectivity index (χ0v) is 19.3. The molecule has 4 rings (SSSR count). The number of carboxylic acid groups (broad SMARTS) is 1. The van der Waals surface area contributed by atoms with E-state index in [1.54, 1.807) is 26.2 Å². The van der Waals surface area contributed by atoms with E-state index in [0.717, 1.165) is 22.4 Å². The van der Waals surface area contributed by atoms with Crippen LogP contribution in [0.3, 0.4) is 0 Å². The molecular formula is C27H25FN2O4. The number of halogens is 1. The van der Waals surface area contributed by atoms with Gasteiger partial charge in [0.2, 0.25) is 5.88 Å². The van der Waals surface area contributed by atoms with E-state index in [1.807, 2.05) is 31.2 Å². The van der Waals surface area contributed by atoms with Gasteiger partial charge in [-0.25, -0.2) is 14.4 Å². The molecule has 1 aliphatic rings. The molecule has 1 aromatic carbocycles.